The number of carbonyl (C=O) groups excluding carboxylic acids is 3. The van der Waals surface area contributed by atoms with Gasteiger partial charge in [-0.2, -0.15) is 0 Å². The van der Waals surface area contributed by atoms with E-state index in [1.54, 1.807) is 20.8 Å². The SMILES string of the molecule is CCCN(C(=O)CNC(=O)OC(C)(C)C)C(C(=O)Nc1ccccc1C)c1ccc(CC)cc1. The molecule has 2 N–H and O–H groups in total. The highest BCUT2D eigenvalue weighted by Gasteiger charge is 2.31. The molecule has 0 aromatic heterocycles. The summed E-state index contributed by atoms with van der Waals surface area (Å²) in [5.41, 5.74) is 2.80. The molecule has 0 saturated carbocycles. The van der Waals surface area contributed by atoms with Crippen molar-refractivity contribution in [2.45, 2.75) is 66.0 Å². The highest BCUT2D eigenvalue weighted by Crippen LogP contribution is 2.25. The van der Waals surface area contributed by atoms with Gasteiger partial charge in [-0.15, -0.1) is 0 Å². The Morgan fingerprint density at radius 2 is 1.65 bits per heavy atom. The van der Waals surface area contributed by atoms with Gasteiger partial charge in [0.2, 0.25) is 5.91 Å². The number of alkyl carbamates (subject to hydrolysis) is 1. The van der Waals surface area contributed by atoms with E-state index >= 15 is 0 Å². The van der Waals surface area contributed by atoms with Crippen LogP contribution in [0.2, 0.25) is 0 Å². The van der Waals surface area contributed by atoms with E-state index in [0.29, 0.717) is 24.2 Å². The maximum absolute atomic E-state index is 13.5. The van der Waals surface area contributed by atoms with Crippen molar-refractivity contribution in [3.63, 3.8) is 0 Å². The number of anilines is 1. The number of hydrogen-bond donors (Lipinski definition) is 2. The van der Waals surface area contributed by atoms with Crippen molar-refractivity contribution in [1.29, 1.82) is 0 Å². The first-order valence-corrected chi connectivity index (χ1v) is 11.8. The molecule has 184 valence electrons. The number of para-hydroxylation sites is 1. The average molecular weight is 468 g/mol. The van der Waals surface area contributed by atoms with E-state index in [-0.39, 0.29) is 18.4 Å². The van der Waals surface area contributed by atoms with E-state index in [2.05, 4.69) is 17.6 Å². The third-order valence-electron chi connectivity index (χ3n) is 5.23. The molecule has 0 aliphatic carbocycles. The minimum atomic E-state index is -0.849. The fraction of sp³-hybridized carbons (Fsp3) is 0.444. The van der Waals surface area contributed by atoms with Gasteiger partial charge in [0, 0.05) is 12.2 Å². The largest absolute Gasteiger partial charge is 0.444 e. The zero-order valence-corrected chi connectivity index (χ0v) is 21.1. The summed E-state index contributed by atoms with van der Waals surface area (Å²) in [4.78, 5) is 40.4. The molecule has 0 aliphatic heterocycles. The Bertz CT molecular complexity index is 980. The Hall–Kier alpha value is -3.35. The number of nitrogens with zero attached hydrogens (tertiary/aromatic N) is 1. The Balaban J connectivity index is 2.33. The molecule has 7 nitrogen and oxygen atoms in total. The Morgan fingerprint density at radius 3 is 2.21 bits per heavy atom. The van der Waals surface area contributed by atoms with Crippen molar-refractivity contribution >= 4 is 23.6 Å². The summed E-state index contributed by atoms with van der Waals surface area (Å²) in [7, 11) is 0. The van der Waals surface area contributed by atoms with Crippen LogP contribution < -0.4 is 10.6 Å². The summed E-state index contributed by atoms with van der Waals surface area (Å²) in [6, 6.07) is 14.4. The molecule has 0 saturated heterocycles. The van der Waals surface area contributed by atoms with Gasteiger partial charge >= 0.3 is 6.09 Å². The molecule has 0 fully saturated rings. The standard InChI is InChI=1S/C27H37N3O4/c1-7-17-30(23(31)18-28-26(33)34-27(4,5)6)24(21-15-13-20(8-2)14-16-21)25(32)29-22-12-10-9-11-19(22)3/h9-16,24H,7-8,17-18H2,1-6H3,(H,28,33)(H,29,32). The first-order chi connectivity index (χ1) is 16.1. The number of aryl methyl sites for hydroxylation is 2. The van der Waals surface area contributed by atoms with Gasteiger partial charge in [0.25, 0.3) is 5.91 Å². The van der Waals surface area contributed by atoms with Crippen LogP contribution in [0.3, 0.4) is 0 Å². The molecule has 3 amide bonds. The predicted molar refractivity (Wildman–Crippen MR) is 135 cm³/mol. The van der Waals surface area contributed by atoms with Gasteiger partial charge in [-0.3, -0.25) is 9.59 Å². The second-order valence-electron chi connectivity index (χ2n) is 9.24. The van der Waals surface area contributed by atoms with E-state index in [0.717, 1.165) is 17.5 Å². The normalized spacial score (nSPS) is 11.9. The maximum atomic E-state index is 13.5. The van der Waals surface area contributed by atoms with Crippen molar-refractivity contribution < 1.29 is 19.1 Å². The van der Waals surface area contributed by atoms with Crippen molar-refractivity contribution in [3.05, 3.63) is 65.2 Å². The lowest BCUT2D eigenvalue weighted by Gasteiger charge is -2.31. The lowest BCUT2D eigenvalue weighted by molar-refractivity contribution is -0.138. The molecule has 0 bridgehead atoms. The van der Waals surface area contributed by atoms with Crippen molar-refractivity contribution in [2.75, 3.05) is 18.4 Å². The molecule has 1 unspecified atom stereocenters. The lowest BCUT2D eigenvalue weighted by atomic mass is 10.0. The minimum Gasteiger partial charge on any atom is -0.444 e. The van der Waals surface area contributed by atoms with Crippen LogP contribution in [0.1, 0.15) is 63.8 Å². The van der Waals surface area contributed by atoms with Crippen LogP contribution in [0.25, 0.3) is 0 Å². The average Bonchev–Trinajstić information content (AvgIpc) is 2.78. The summed E-state index contributed by atoms with van der Waals surface area (Å²) in [6.45, 7) is 11.3. The Morgan fingerprint density at radius 1 is 1.00 bits per heavy atom. The fourth-order valence-corrected chi connectivity index (χ4v) is 3.52. The topological polar surface area (TPSA) is 87.7 Å². The number of benzene rings is 2. The van der Waals surface area contributed by atoms with Gasteiger partial charge in [-0.1, -0.05) is 56.3 Å². The second-order valence-corrected chi connectivity index (χ2v) is 9.24. The van der Waals surface area contributed by atoms with Crippen LogP contribution in [0.5, 0.6) is 0 Å². The Labute approximate surface area is 202 Å². The molecule has 2 rings (SSSR count). The van der Waals surface area contributed by atoms with Crippen LogP contribution in [0, 0.1) is 6.92 Å². The van der Waals surface area contributed by atoms with E-state index in [9.17, 15) is 14.4 Å². The number of carbonyl (C=O) groups is 3. The number of amides is 3. The highest BCUT2D eigenvalue weighted by atomic mass is 16.6. The monoisotopic (exact) mass is 467 g/mol. The molecule has 0 spiro atoms. The number of hydrogen-bond acceptors (Lipinski definition) is 4. The van der Waals surface area contributed by atoms with E-state index in [1.807, 2.05) is 62.4 Å². The number of rotatable bonds is 9. The molecule has 0 aliphatic rings. The van der Waals surface area contributed by atoms with Crippen LogP contribution in [0.15, 0.2) is 48.5 Å². The highest BCUT2D eigenvalue weighted by molar-refractivity contribution is 5.98. The van der Waals surface area contributed by atoms with Gasteiger partial charge in [-0.25, -0.2) is 4.79 Å². The van der Waals surface area contributed by atoms with Crippen molar-refractivity contribution in [3.8, 4) is 0 Å². The molecule has 2 aromatic rings. The van der Waals surface area contributed by atoms with Gasteiger partial charge in [-0.05, 0) is 63.3 Å². The molecule has 34 heavy (non-hydrogen) atoms. The van der Waals surface area contributed by atoms with Crippen molar-refractivity contribution in [2.24, 2.45) is 0 Å². The summed E-state index contributed by atoms with van der Waals surface area (Å²) in [6.07, 6.45) is 0.849. The minimum absolute atomic E-state index is 0.268. The van der Waals surface area contributed by atoms with Crippen LogP contribution in [-0.2, 0) is 20.7 Å². The first kappa shape index (κ1) is 26.9. The van der Waals surface area contributed by atoms with Gasteiger partial charge in [0.05, 0.1) is 0 Å². The van der Waals surface area contributed by atoms with Gasteiger partial charge < -0.3 is 20.3 Å². The molecule has 0 radical (unpaired) electrons. The quantitative estimate of drug-likeness (QED) is 0.543. The molecule has 0 heterocycles. The molecular formula is C27H37N3O4. The molecule has 1 atom stereocenters. The van der Waals surface area contributed by atoms with E-state index in [4.69, 9.17) is 4.74 Å². The summed E-state index contributed by atoms with van der Waals surface area (Å²) in [5.74, 6) is -0.671. The smallest absolute Gasteiger partial charge is 0.408 e. The summed E-state index contributed by atoms with van der Waals surface area (Å²) in [5, 5.41) is 5.50. The predicted octanol–water partition coefficient (Wildman–Crippen LogP) is 5.00. The number of ether oxygens (including phenoxy) is 1. The zero-order valence-electron chi connectivity index (χ0n) is 21.1. The molecule has 7 heteroatoms. The third-order valence-corrected chi connectivity index (χ3v) is 5.23. The number of nitrogens with one attached hydrogen (secondary N) is 2. The van der Waals surface area contributed by atoms with Crippen LogP contribution in [-0.4, -0.2) is 41.5 Å². The van der Waals surface area contributed by atoms with Gasteiger partial charge in [0.1, 0.15) is 18.2 Å². The zero-order chi connectivity index (χ0) is 25.3. The van der Waals surface area contributed by atoms with E-state index in [1.165, 1.54) is 4.90 Å². The Kier molecular flexibility index (Phi) is 9.66. The van der Waals surface area contributed by atoms with Crippen molar-refractivity contribution in [1.82, 2.24) is 10.2 Å². The summed E-state index contributed by atoms with van der Waals surface area (Å²) >= 11 is 0. The van der Waals surface area contributed by atoms with Gasteiger partial charge in [0.15, 0.2) is 0 Å². The summed E-state index contributed by atoms with van der Waals surface area (Å²) < 4.78 is 5.24. The van der Waals surface area contributed by atoms with Crippen LogP contribution in [0.4, 0.5) is 10.5 Å². The third kappa shape index (κ3) is 7.90. The second kappa shape index (κ2) is 12.2. The first-order valence-electron chi connectivity index (χ1n) is 11.8. The molecular weight excluding hydrogens is 430 g/mol. The maximum Gasteiger partial charge on any atom is 0.408 e. The van der Waals surface area contributed by atoms with Crippen LogP contribution >= 0.6 is 0 Å². The van der Waals surface area contributed by atoms with E-state index < -0.39 is 17.7 Å². The fourth-order valence-electron chi connectivity index (χ4n) is 3.52. The lowest BCUT2D eigenvalue weighted by Crippen LogP contribution is -2.46. The molecule has 2 aromatic carbocycles.